The molecule has 1 heterocycles. The highest BCUT2D eigenvalue weighted by molar-refractivity contribution is 7.89. The number of ketones is 1. The van der Waals surface area contributed by atoms with E-state index in [0.29, 0.717) is 15.7 Å². The summed E-state index contributed by atoms with van der Waals surface area (Å²) in [5.74, 6) is -0.0374. The summed E-state index contributed by atoms with van der Waals surface area (Å²) >= 11 is 1.16. The number of carbonyl (C=O) groups excluding carboxylic acids is 1. The summed E-state index contributed by atoms with van der Waals surface area (Å²) in [7, 11) is -3.72. The van der Waals surface area contributed by atoms with Gasteiger partial charge in [-0.3, -0.25) is 4.79 Å². The van der Waals surface area contributed by atoms with Gasteiger partial charge >= 0.3 is 0 Å². The van der Waals surface area contributed by atoms with Crippen molar-refractivity contribution < 1.29 is 13.2 Å². The molecule has 1 aromatic carbocycles. The van der Waals surface area contributed by atoms with Gasteiger partial charge in [-0.1, -0.05) is 25.2 Å². The average molecular weight is 340 g/mol. The van der Waals surface area contributed by atoms with Gasteiger partial charge < -0.3 is 11.1 Å². The molecular weight excluding hydrogens is 324 g/mol. The minimum atomic E-state index is -3.72. The Kier molecular flexibility index (Phi) is 4.50. The second kappa shape index (κ2) is 6.03. The summed E-state index contributed by atoms with van der Waals surface area (Å²) in [5, 5.41) is 8.47. The largest absolute Gasteiger partial charge is 0.382 e. The summed E-state index contributed by atoms with van der Waals surface area (Å²) < 4.78 is 22.4. The number of rotatable bonds is 5. The number of aromatic nitrogens is 1. The number of nitrogen functional groups attached to an aromatic ring is 1. The Hall–Kier alpha value is -1.97. The van der Waals surface area contributed by atoms with Crippen molar-refractivity contribution in [2.75, 3.05) is 11.1 Å². The van der Waals surface area contributed by atoms with Crippen LogP contribution in [-0.2, 0) is 10.0 Å². The maximum atomic E-state index is 12.0. The van der Waals surface area contributed by atoms with Crippen molar-refractivity contribution in [2.45, 2.75) is 18.7 Å². The summed E-state index contributed by atoms with van der Waals surface area (Å²) in [6.07, 6.45) is 0. The fourth-order valence-corrected chi connectivity index (χ4v) is 3.18. The van der Waals surface area contributed by atoms with Crippen LogP contribution in [0.3, 0.4) is 0 Å². The van der Waals surface area contributed by atoms with Crippen LogP contribution >= 0.6 is 11.3 Å². The topological polar surface area (TPSA) is 128 Å². The van der Waals surface area contributed by atoms with Gasteiger partial charge in [0.1, 0.15) is 10.7 Å². The van der Waals surface area contributed by atoms with Gasteiger partial charge in [0.25, 0.3) is 0 Å². The molecule has 0 aliphatic rings. The monoisotopic (exact) mass is 340 g/mol. The first kappa shape index (κ1) is 16.4. The Morgan fingerprint density at radius 1 is 1.27 bits per heavy atom. The van der Waals surface area contributed by atoms with Crippen LogP contribution in [0.5, 0.6) is 0 Å². The summed E-state index contributed by atoms with van der Waals surface area (Å²) in [6, 6.07) is 5.88. The van der Waals surface area contributed by atoms with Gasteiger partial charge in [-0.15, -0.1) is 0 Å². The Bertz CT molecular complexity index is 795. The number of Topliss-reactive ketones (excluding diaryl/α,β-unsaturated/α-hetero) is 1. The Labute approximate surface area is 132 Å². The number of nitrogens with one attached hydrogen (secondary N) is 1. The van der Waals surface area contributed by atoms with Crippen LogP contribution in [0.25, 0.3) is 0 Å². The van der Waals surface area contributed by atoms with Gasteiger partial charge in [0.05, 0.1) is 4.90 Å². The van der Waals surface area contributed by atoms with Crippen molar-refractivity contribution in [3.05, 3.63) is 29.1 Å². The quantitative estimate of drug-likeness (QED) is 0.714. The predicted molar refractivity (Wildman–Crippen MR) is 86.8 cm³/mol. The first-order chi connectivity index (χ1) is 10.2. The lowest BCUT2D eigenvalue weighted by atomic mass is 10.1. The van der Waals surface area contributed by atoms with Crippen LogP contribution in [-0.4, -0.2) is 19.2 Å². The fraction of sp³-hybridized carbons (Fsp3) is 0.231. The minimum Gasteiger partial charge on any atom is -0.382 e. The van der Waals surface area contributed by atoms with Crippen LogP contribution < -0.4 is 16.2 Å². The van der Waals surface area contributed by atoms with E-state index in [1.807, 2.05) is 0 Å². The maximum Gasteiger partial charge on any atom is 0.238 e. The predicted octanol–water partition coefficient (Wildman–Crippen LogP) is 1.95. The smallest absolute Gasteiger partial charge is 0.238 e. The first-order valence-corrected chi connectivity index (χ1v) is 8.75. The maximum absolute atomic E-state index is 12.0. The zero-order chi connectivity index (χ0) is 16.5. The van der Waals surface area contributed by atoms with E-state index in [1.54, 1.807) is 26.0 Å². The van der Waals surface area contributed by atoms with Crippen LogP contribution in [0.4, 0.5) is 16.6 Å². The molecule has 0 amide bonds. The molecule has 118 valence electrons. The molecule has 1 aromatic heterocycles. The molecular formula is C13H16N4O3S2. The van der Waals surface area contributed by atoms with E-state index < -0.39 is 10.0 Å². The highest BCUT2D eigenvalue weighted by Gasteiger charge is 2.19. The van der Waals surface area contributed by atoms with E-state index in [9.17, 15) is 13.2 Å². The van der Waals surface area contributed by atoms with Crippen molar-refractivity contribution in [2.24, 2.45) is 11.1 Å². The number of carbonyl (C=O) groups is 1. The molecule has 0 spiro atoms. The molecule has 0 atom stereocenters. The lowest BCUT2D eigenvalue weighted by molar-refractivity contribution is 0.0944. The minimum absolute atomic E-state index is 0.0207. The SMILES string of the molecule is CC(C)C(=O)c1sc(Nc2ccc(S(N)(=O)=O)cc2)nc1N. The molecule has 9 heteroatoms. The molecule has 0 saturated heterocycles. The number of sulfonamides is 1. The Morgan fingerprint density at radius 2 is 1.86 bits per heavy atom. The normalized spacial score (nSPS) is 11.6. The Balaban J connectivity index is 2.21. The number of anilines is 3. The molecule has 7 nitrogen and oxygen atoms in total. The van der Waals surface area contributed by atoms with E-state index in [2.05, 4.69) is 10.3 Å². The molecule has 0 radical (unpaired) electrons. The zero-order valence-electron chi connectivity index (χ0n) is 12.0. The summed E-state index contributed by atoms with van der Waals surface area (Å²) in [6.45, 7) is 3.58. The van der Waals surface area contributed by atoms with E-state index >= 15 is 0 Å². The van der Waals surface area contributed by atoms with E-state index in [0.717, 1.165) is 11.3 Å². The van der Waals surface area contributed by atoms with E-state index in [4.69, 9.17) is 10.9 Å². The number of primary sulfonamides is 1. The van der Waals surface area contributed by atoms with Crippen LogP contribution in [0, 0.1) is 5.92 Å². The number of hydrogen-bond donors (Lipinski definition) is 3. The number of hydrogen-bond acceptors (Lipinski definition) is 7. The summed E-state index contributed by atoms with van der Waals surface area (Å²) in [4.78, 5) is 16.5. The number of nitrogens with two attached hydrogens (primary N) is 2. The van der Waals surface area contributed by atoms with Crippen molar-refractivity contribution >= 4 is 43.8 Å². The van der Waals surface area contributed by atoms with Gasteiger partial charge in [0.15, 0.2) is 10.9 Å². The van der Waals surface area contributed by atoms with Crippen LogP contribution in [0.1, 0.15) is 23.5 Å². The van der Waals surface area contributed by atoms with Crippen molar-refractivity contribution in [1.82, 2.24) is 4.98 Å². The molecule has 0 aliphatic heterocycles. The summed E-state index contributed by atoms with van der Waals surface area (Å²) in [5.41, 5.74) is 6.37. The van der Waals surface area contributed by atoms with Crippen molar-refractivity contribution in [3.8, 4) is 0 Å². The molecule has 0 saturated carbocycles. The molecule has 2 rings (SSSR count). The molecule has 5 N–H and O–H groups in total. The molecule has 2 aromatic rings. The standard InChI is InChI=1S/C13H16N4O3S2/c1-7(2)10(18)11-12(14)17-13(21-11)16-8-3-5-9(6-4-8)22(15,19)20/h3-7H,14H2,1-2H3,(H,16,17)(H2,15,19,20). The van der Waals surface area contributed by atoms with Gasteiger partial charge in [-0.25, -0.2) is 18.5 Å². The van der Waals surface area contributed by atoms with E-state index in [1.165, 1.54) is 12.1 Å². The van der Waals surface area contributed by atoms with Crippen molar-refractivity contribution in [3.63, 3.8) is 0 Å². The lowest BCUT2D eigenvalue weighted by Crippen LogP contribution is -2.11. The third-order valence-corrected chi connectivity index (χ3v) is 4.77. The fourth-order valence-electron chi connectivity index (χ4n) is 1.68. The molecule has 0 bridgehead atoms. The average Bonchev–Trinajstić information content (AvgIpc) is 2.78. The second-order valence-electron chi connectivity index (χ2n) is 4.95. The van der Waals surface area contributed by atoms with Crippen LogP contribution in [0.2, 0.25) is 0 Å². The zero-order valence-corrected chi connectivity index (χ0v) is 13.7. The van der Waals surface area contributed by atoms with Gasteiger partial charge in [-0.05, 0) is 24.3 Å². The third-order valence-electron chi connectivity index (χ3n) is 2.84. The Morgan fingerprint density at radius 3 is 2.36 bits per heavy atom. The lowest BCUT2D eigenvalue weighted by Gasteiger charge is -2.03. The van der Waals surface area contributed by atoms with Crippen molar-refractivity contribution in [1.29, 1.82) is 0 Å². The number of benzene rings is 1. The highest BCUT2D eigenvalue weighted by Crippen LogP contribution is 2.29. The second-order valence-corrected chi connectivity index (χ2v) is 7.51. The number of thiazole rings is 1. The molecule has 0 fully saturated rings. The number of nitrogens with zero attached hydrogens (tertiary/aromatic N) is 1. The highest BCUT2D eigenvalue weighted by atomic mass is 32.2. The van der Waals surface area contributed by atoms with Gasteiger partial charge in [-0.2, -0.15) is 0 Å². The first-order valence-electron chi connectivity index (χ1n) is 6.39. The van der Waals surface area contributed by atoms with E-state index in [-0.39, 0.29) is 22.4 Å². The third kappa shape index (κ3) is 3.62. The molecule has 0 unspecified atom stereocenters. The molecule has 0 aliphatic carbocycles. The van der Waals surface area contributed by atoms with Crippen LogP contribution in [0.15, 0.2) is 29.2 Å². The van der Waals surface area contributed by atoms with Gasteiger partial charge in [0, 0.05) is 11.6 Å². The van der Waals surface area contributed by atoms with Gasteiger partial charge in [0.2, 0.25) is 10.0 Å². The molecule has 22 heavy (non-hydrogen) atoms.